The molecule has 12 heteroatoms. The van der Waals surface area contributed by atoms with E-state index in [0.29, 0.717) is 19.0 Å². The molecular weight excluding hydrogens is 456 g/mol. The molecule has 0 radical (unpaired) electrons. The number of hydrogen-bond donors (Lipinski definition) is 1. The average molecular weight is 478 g/mol. The number of nitrogens with zero attached hydrogens (tertiary/aromatic N) is 2. The first-order chi connectivity index (χ1) is 14.7. The lowest BCUT2D eigenvalue weighted by Gasteiger charge is -2.21. The lowest BCUT2D eigenvalue weighted by Crippen LogP contribution is -2.23. The molecule has 1 heterocycles. The summed E-state index contributed by atoms with van der Waals surface area (Å²) in [5.74, 6) is -0.517. The van der Waals surface area contributed by atoms with E-state index in [-0.39, 0.29) is 29.0 Å². The van der Waals surface area contributed by atoms with Crippen LogP contribution in [0, 0.1) is 0 Å². The molecule has 1 atom stereocenters. The van der Waals surface area contributed by atoms with Gasteiger partial charge >= 0.3 is 11.5 Å². The summed E-state index contributed by atoms with van der Waals surface area (Å²) in [4.78, 5) is 16.3. The smallest absolute Gasteiger partial charge is 0.446 e. The summed E-state index contributed by atoms with van der Waals surface area (Å²) in [5, 5.41) is 13.6. The van der Waals surface area contributed by atoms with E-state index in [0.717, 1.165) is 18.4 Å². The van der Waals surface area contributed by atoms with Crippen molar-refractivity contribution in [3.63, 3.8) is 0 Å². The minimum Gasteiger partial charge on any atom is -0.481 e. The maximum atomic E-state index is 12.5. The molecule has 1 N–H and O–H groups in total. The normalized spacial score (nSPS) is 16.5. The second-order valence-corrected chi connectivity index (χ2v) is 9.69. The van der Waals surface area contributed by atoms with E-state index >= 15 is 0 Å². The molecule has 1 aliphatic rings. The van der Waals surface area contributed by atoms with Gasteiger partial charge in [-0.25, -0.2) is 0 Å². The molecule has 1 saturated carbocycles. The number of halogens is 3. The summed E-state index contributed by atoms with van der Waals surface area (Å²) < 4.78 is 53.9. The predicted octanol–water partition coefficient (Wildman–Crippen LogP) is 5.14. The molecular formula is C19H22F3N2O5PS. The van der Waals surface area contributed by atoms with Crippen molar-refractivity contribution in [1.29, 1.82) is 0 Å². The Labute approximate surface area is 182 Å². The van der Waals surface area contributed by atoms with Gasteiger partial charge < -0.3 is 18.7 Å². The van der Waals surface area contributed by atoms with Gasteiger partial charge in [0.2, 0.25) is 5.89 Å². The number of benzene rings is 1. The van der Waals surface area contributed by atoms with Crippen molar-refractivity contribution in [3.05, 3.63) is 41.5 Å². The van der Waals surface area contributed by atoms with Crippen molar-refractivity contribution < 1.29 is 36.6 Å². The van der Waals surface area contributed by atoms with E-state index < -0.39 is 30.9 Å². The van der Waals surface area contributed by atoms with Crippen LogP contribution in [0.15, 0.2) is 33.7 Å². The second kappa shape index (κ2) is 9.85. The maximum Gasteiger partial charge on any atom is 0.446 e. The maximum absolute atomic E-state index is 12.5. The Morgan fingerprint density at radius 1 is 1.26 bits per heavy atom. The summed E-state index contributed by atoms with van der Waals surface area (Å²) in [5.41, 5.74) is -5.03. The molecule has 0 spiro atoms. The number of alkyl halides is 3. The van der Waals surface area contributed by atoms with Crippen LogP contribution < -0.4 is 0 Å². The molecule has 0 saturated heterocycles. The zero-order chi connectivity index (χ0) is 22.6. The molecule has 2 aromatic rings. The zero-order valence-electron chi connectivity index (χ0n) is 16.9. The Morgan fingerprint density at radius 3 is 2.35 bits per heavy atom. The Balaban J connectivity index is 1.75. The van der Waals surface area contributed by atoms with Crippen LogP contribution in [0.3, 0.4) is 0 Å². The van der Waals surface area contributed by atoms with Crippen molar-refractivity contribution in [2.24, 2.45) is 0 Å². The molecule has 1 aromatic heterocycles. The molecule has 1 aliphatic carbocycles. The van der Waals surface area contributed by atoms with Crippen molar-refractivity contribution >= 4 is 26.1 Å². The van der Waals surface area contributed by atoms with E-state index in [2.05, 4.69) is 10.1 Å². The summed E-state index contributed by atoms with van der Waals surface area (Å²) in [6, 6.07) is 6.12. The number of thioether (sulfide) groups is 1. The second-order valence-electron chi connectivity index (χ2n) is 6.85. The molecule has 7 nitrogen and oxygen atoms in total. The van der Waals surface area contributed by atoms with Crippen molar-refractivity contribution in [3.8, 4) is 0 Å². The van der Waals surface area contributed by atoms with Gasteiger partial charge in [-0.15, -0.1) is 0 Å². The lowest BCUT2D eigenvalue weighted by molar-refractivity contribution is -0.136. The van der Waals surface area contributed by atoms with Gasteiger partial charge in [0.25, 0.3) is 0 Å². The number of aliphatic carboxylic acids is 1. The highest BCUT2D eigenvalue weighted by Crippen LogP contribution is 2.53. The standard InChI is InChI=1S/C19H22F3N2O5PS/c1-3-27-30(28-4-2)14(16(25)26)11-15-23-17(24-29-15)18(9-10-18)12-5-7-13(8-6-12)31-19(20,21)22/h5-8,14H,3-4,9-11H2,1-2H3,(H,25,26). The Hall–Kier alpha value is -1.68. The zero-order valence-corrected chi connectivity index (χ0v) is 18.6. The first-order valence-corrected chi connectivity index (χ1v) is 11.7. The number of carboxylic acids is 1. The third kappa shape index (κ3) is 5.97. The van der Waals surface area contributed by atoms with Gasteiger partial charge in [-0.05, 0) is 56.1 Å². The Kier molecular flexibility index (Phi) is 7.62. The number of hydrogen-bond acceptors (Lipinski definition) is 7. The number of carboxylic acid groups (broad SMARTS) is 1. The van der Waals surface area contributed by atoms with E-state index in [1.807, 2.05) is 0 Å². The molecule has 0 aliphatic heterocycles. The highest BCUT2D eigenvalue weighted by atomic mass is 32.2. The largest absolute Gasteiger partial charge is 0.481 e. The van der Waals surface area contributed by atoms with Crippen LogP contribution in [0.25, 0.3) is 0 Å². The van der Waals surface area contributed by atoms with Crippen LogP contribution in [-0.2, 0) is 25.7 Å². The van der Waals surface area contributed by atoms with Crippen molar-refractivity contribution in [1.82, 2.24) is 10.1 Å². The van der Waals surface area contributed by atoms with Crippen LogP contribution in [0.1, 0.15) is 44.0 Å². The topological polar surface area (TPSA) is 94.7 Å². The van der Waals surface area contributed by atoms with Crippen LogP contribution in [-0.4, -0.2) is 45.6 Å². The van der Waals surface area contributed by atoms with Gasteiger partial charge in [0.1, 0.15) is 5.66 Å². The fourth-order valence-electron chi connectivity index (χ4n) is 3.16. The molecule has 1 aromatic carbocycles. The molecule has 0 bridgehead atoms. The SMILES string of the molecule is CCOP(OCC)C(Cc1nc(C2(c3ccc(SC(F)(F)F)cc3)CC2)no1)C(=O)O. The minimum atomic E-state index is -4.34. The van der Waals surface area contributed by atoms with Gasteiger partial charge in [-0.2, -0.15) is 18.2 Å². The quantitative estimate of drug-likeness (QED) is 0.350. The Morgan fingerprint density at radius 2 is 1.87 bits per heavy atom. The summed E-state index contributed by atoms with van der Waals surface area (Å²) in [7, 11) is -1.67. The van der Waals surface area contributed by atoms with Crippen LogP contribution >= 0.6 is 20.1 Å². The highest BCUT2D eigenvalue weighted by Gasteiger charge is 2.50. The third-order valence-electron chi connectivity index (χ3n) is 4.71. The van der Waals surface area contributed by atoms with Crippen LogP contribution in [0.5, 0.6) is 0 Å². The molecule has 170 valence electrons. The van der Waals surface area contributed by atoms with Gasteiger partial charge in [-0.1, -0.05) is 17.3 Å². The third-order valence-corrected chi connectivity index (χ3v) is 7.38. The molecule has 3 rings (SSSR count). The van der Waals surface area contributed by atoms with Gasteiger partial charge in [0.05, 0.1) is 18.6 Å². The van der Waals surface area contributed by atoms with Gasteiger partial charge in [0.15, 0.2) is 14.2 Å². The van der Waals surface area contributed by atoms with Gasteiger partial charge in [-0.3, -0.25) is 4.79 Å². The van der Waals surface area contributed by atoms with E-state index in [1.54, 1.807) is 26.0 Å². The van der Waals surface area contributed by atoms with E-state index in [1.165, 1.54) is 12.1 Å². The van der Waals surface area contributed by atoms with E-state index in [4.69, 9.17) is 13.6 Å². The summed E-state index contributed by atoms with van der Waals surface area (Å²) in [6.07, 6.45) is 1.42. The summed E-state index contributed by atoms with van der Waals surface area (Å²) in [6.45, 7) is 4.15. The predicted molar refractivity (Wildman–Crippen MR) is 108 cm³/mol. The molecule has 0 amide bonds. The number of carbonyl (C=O) groups is 1. The lowest BCUT2D eigenvalue weighted by atomic mass is 9.95. The fourth-order valence-corrected chi connectivity index (χ4v) is 5.13. The van der Waals surface area contributed by atoms with E-state index in [9.17, 15) is 23.1 Å². The van der Waals surface area contributed by atoms with Gasteiger partial charge in [0, 0.05) is 11.3 Å². The summed E-state index contributed by atoms with van der Waals surface area (Å²) >= 11 is -0.167. The average Bonchev–Trinajstić information content (AvgIpc) is 3.36. The Bertz CT molecular complexity index is 883. The first kappa shape index (κ1) is 24.0. The minimum absolute atomic E-state index is 0.0364. The highest BCUT2D eigenvalue weighted by molar-refractivity contribution is 8.00. The molecule has 31 heavy (non-hydrogen) atoms. The molecule has 1 unspecified atom stereocenters. The van der Waals surface area contributed by atoms with Crippen molar-refractivity contribution in [2.75, 3.05) is 13.2 Å². The first-order valence-electron chi connectivity index (χ1n) is 9.65. The van der Waals surface area contributed by atoms with Crippen LogP contribution in [0.4, 0.5) is 13.2 Å². The fraction of sp³-hybridized carbons (Fsp3) is 0.526. The number of aromatic nitrogens is 2. The monoisotopic (exact) mass is 478 g/mol. The number of rotatable bonds is 11. The van der Waals surface area contributed by atoms with Crippen molar-refractivity contribution in [2.45, 2.75) is 54.6 Å². The van der Waals surface area contributed by atoms with Crippen LogP contribution in [0.2, 0.25) is 0 Å². The molecule has 1 fully saturated rings.